The van der Waals surface area contributed by atoms with E-state index in [0.29, 0.717) is 0 Å². The predicted octanol–water partition coefficient (Wildman–Crippen LogP) is 11.1. The molecule has 0 radical (unpaired) electrons. The summed E-state index contributed by atoms with van der Waals surface area (Å²) in [7, 11) is -1.92. The SMILES string of the molecule is Cc1cc(OP(Oc2cc(C)c(S)cc2C(C)(C)C)Oc2cc(C)c(S)cc2C(C)(C)C)c(C(C)(C)C)cc1S. The Morgan fingerprint density at radius 2 is 0.675 bits per heavy atom. The van der Waals surface area contributed by atoms with E-state index in [2.05, 4.69) is 80.5 Å². The van der Waals surface area contributed by atoms with Crippen molar-refractivity contribution in [1.29, 1.82) is 0 Å². The summed E-state index contributed by atoms with van der Waals surface area (Å²) >= 11 is 14.1. The number of thiol groups is 3. The molecule has 0 aromatic heterocycles. The first-order valence-electron chi connectivity index (χ1n) is 13.5. The molecule has 218 valence electrons. The second-order valence-electron chi connectivity index (χ2n) is 13.7. The van der Waals surface area contributed by atoms with Crippen molar-refractivity contribution in [3.8, 4) is 17.2 Å². The summed E-state index contributed by atoms with van der Waals surface area (Å²) in [5.41, 5.74) is 5.67. The molecule has 3 aromatic rings. The highest BCUT2D eigenvalue weighted by Crippen LogP contribution is 2.50. The lowest BCUT2D eigenvalue weighted by Crippen LogP contribution is -2.17. The predicted molar refractivity (Wildman–Crippen MR) is 180 cm³/mol. The zero-order valence-corrected chi connectivity index (χ0v) is 29.6. The third-order valence-electron chi connectivity index (χ3n) is 6.84. The van der Waals surface area contributed by atoms with Crippen LogP contribution in [0.1, 0.15) is 95.7 Å². The summed E-state index contributed by atoms with van der Waals surface area (Å²) in [4.78, 5) is 2.77. The molecule has 40 heavy (non-hydrogen) atoms. The quantitative estimate of drug-likeness (QED) is 0.190. The monoisotopic (exact) mass is 616 g/mol. The van der Waals surface area contributed by atoms with Gasteiger partial charge in [0.1, 0.15) is 17.2 Å². The van der Waals surface area contributed by atoms with Gasteiger partial charge < -0.3 is 13.6 Å². The lowest BCUT2D eigenvalue weighted by Gasteiger charge is -2.29. The van der Waals surface area contributed by atoms with Crippen LogP contribution in [0.4, 0.5) is 0 Å². The molecule has 0 saturated carbocycles. The standard InChI is InChI=1S/C33H45O3PS3/c1-19-13-25(22(16-28(19)38)31(4,5)6)34-37(35-26-14-20(2)29(39)17-23(26)32(7,8)9)36-27-15-21(3)30(40)18-24(27)33(10,11)12/h13-18,38-40H,1-12H3. The van der Waals surface area contributed by atoms with Crippen molar-refractivity contribution < 1.29 is 13.6 Å². The van der Waals surface area contributed by atoms with Crippen LogP contribution in [0.2, 0.25) is 0 Å². The second-order valence-corrected chi connectivity index (χ2v) is 16.1. The fraction of sp³-hybridized carbons (Fsp3) is 0.455. The maximum absolute atomic E-state index is 6.74. The minimum absolute atomic E-state index is 0.177. The molecule has 0 spiro atoms. The van der Waals surface area contributed by atoms with Crippen molar-refractivity contribution in [2.45, 2.75) is 114 Å². The minimum Gasteiger partial charge on any atom is -0.408 e. The summed E-state index contributed by atoms with van der Waals surface area (Å²) < 4.78 is 20.2. The first-order valence-corrected chi connectivity index (χ1v) is 16.0. The van der Waals surface area contributed by atoms with Gasteiger partial charge in [0.05, 0.1) is 0 Å². The van der Waals surface area contributed by atoms with Crippen LogP contribution in [0.15, 0.2) is 51.1 Å². The number of hydrogen-bond acceptors (Lipinski definition) is 6. The summed E-state index contributed by atoms with van der Waals surface area (Å²) in [5.74, 6) is 2.19. The number of aryl methyl sites for hydroxylation is 3. The Bertz CT molecular complexity index is 1230. The van der Waals surface area contributed by atoms with Crippen LogP contribution < -0.4 is 13.6 Å². The van der Waals surface area contributed by atoms with Gasteiger partial charge in [-0.25, -0.2) is 0 Å². The molecule has 0 fully saturated rings. The van der Waals surface area contributed by atoms with Crippen LogP contribution in [0.5, 0.6) is 17.2 Å². The van der Waals surface area contributed by atoms with E-state index < -0.39 is 8.60 Å². The lowest BCUT2D eigenvalue weighted by atomic mass is 9.86. The van der Waals surface area contributed by atoms with Gasteiger partial charge in [0.25, 0.3) is 0 Å². The molecular formula is C33H45O3PS3. The van der Waals surface area contributed by atoms with Gasteiger partial charge in [-0.3, -0.25) is 0 Å². The van der Waals surface area contributed by atoms with Crippen LogP contribution in [0.3, 0.4) is 0 Å². The Morgan fingerprint density at radius 3 is 0.875 bits per heavy atom. The number of rotatable bonds is 6. The molecule has 0 heterocycles. The molecule has 0 amide bonds. The van der Waals surface area contributed by atoms with Gasteiger partial charge in [0.15, 0.2) is 0 Å². The molecule has 0 bridgehead atoms. The maximum atomic E-state index is 6.74. The van der Waals surface area contributed by atoms with Crippen LogP contribution in [0, 0.1) is 20.8 Å². The van der Waals surface area contributed by atoms with Crippen LogP contribution in [-0.2, 0) is 16.2 Å². The molecule has 7 heteroatoms. The van der Waals surface area contributed by atoms with E-state index >= 15 is 0 Å². The van der Waals surface area contributed by atoms with E-state index in [1.54, 1.807) is 0 Å². The second kappa shape index (κ2) is 12.0. The molecule has 0 aliphatic carbocycles. The molecule has 3 nitrogen and oxygen atoms in total. The van der Waals surface area contributed by atoms with Crippen molar-refractivity contribution in [3.05, 3.63) is 69.8 Å². The summed E-state index contributed by atoms with van der Waals surface area (Å²) in [6, 6.07) is 12.4. The Morgan fingerprint density at radius 1 is 0.450 bits per heavy atom. The van der Waals surface area contributed by atoms with Crippen LogP contribution in [-0.4, -0.2) is 0 Å². The molecular weight excluding hydrogens is 572 g/mol. The molecule has 0 unspecified atom stereocenters. The largest absolute Gasteiger partial charge is 0.530 e. The fourth-order valence-electron chi connectivity index (χ4n) is 4.29. The maximum Gasteiger partial charge on any atom is 0.530 e. The third-order valence-corrected chi connectivity index (χ3v) is 9.32. The summed E-state index contributed by atoms with van der Waals surface area (Å²) in [6.07, 6.45) is 0. The van der Waals surface area contributed by atoms with E-state index in [4.69, 9.17) is 51.5 Å². The Kier molecular flexibility index (Phi) is 9.94. The minimum atomic E-state index is -1.92. The Hall–Kier alpha value is -1.46. The zero-order chi connectivity index (χ0) is 30.4. The summed E-state index contributed by atoms with van der Waals surface area (Å²) in [5, 5.41) is 0. The van der Waals surface area contributed by atoms with Crippen LogP contribution in [0.25, 0.3) is 0 Å². The van der Waals surface area contributed by atoms with Crippen molar-refractivity contribution in [3.63, 3.8) is 0 Å². The molecule has 0 N–H and O–H groups in total. The highest BCUT2D eigenvalue weighted by atomic mass is 32.1. The normalized spacial score (nSPS) is 12.6. The molecule has 3 aromatic carbocycles. The third kappa shape index (κ3) is 7.88. The van der Waals surface area contributed by atoms with Gasteiger partial charge in [-0.15, -0.1) is 37.9 Å². The number of benzene rings is 3. The number of hydrogen-bond donors (Lipinski definition) is 3. The first kappa shape index (κ1) is 33.0. The zero-order valence-electron chi connectivity index (χ0n) is 26.0. The fourth-order valence-corrected chi connectivity index (χ4v) is 5.92. The lowest BCUT2D eigenvalue weighted by molar-refractivity contribution is 0.371. The van der Waals surface area contributed by atoms with Crippen molar-refractivity contribution in [2.75, 3.05) is 0 Å². The molecule has 3 rings (SSSR count). The highest BCUT2D eigenvalue weighted by Gasteiger charge is 2.31. The van der Waals surface area contributed by atoms with Gasteiger partial charge in [0.2, 0.25) is 0 Å². The molecule has 0 aliphatic rings. The van der Waals surface area contributed by atoms with E-state index in [1.807, 2.05) is 39.0 Å². The smallest absolute Gasteiger partial charge is 0.408 e. The van der Waals surface area contributed by atoms with Gasteiger partial charge in [0, 0.05) is 31.4 Å². The molecule has 0 atom stereocenters. The van der Waals surface area contributed by atoms with Crippen LogP contribution >= 0.6 is 46.5 Å². The van der Waals surface area contributed by atoms with E-state index in [0.717, 1.165) is 65.3 Å². The van der Waals surface area contributed by atoms with Crippen molar-refractivity contribution >= 4 is 46.5 Å². The van der Waals surface area contributed by atoms with Gasteiger partial charge in [-0.05, 0) is 90.1 Å². The van der Waals surface area contributed by atoms with Crippen molar-refractivity contribution in [2.24, 2.45) is 0 Å². The Balaban J connectivity index is 2.22. The molecule has 0 aliphatic heterocycles. The van der Waals surface area contributed by atoms with E-state index in [-0.39, 0.29) is 16.2 Å². The van der Waals surface area contributed by atoms with Gasteiger partial charge in [-0.1, -0.05) is 62.3 Å². The van der Waals surface area contributed by atoms with Gasteiger partial charge >= 0.3 is 8.60 Å². The van der Waals surface area contributed by atoms with Gasteiger partial charge in [-0.2, -0.15) is 0 Å². The average Bonchev–Trinajstić information content (AvgIpc) is 2.78. The highest BCUT2D eigenvalue weighted by molar-refractivity contribution is 7.80. The summed E-state index contributed by atoms with van der Waals surface area (Å²) in [6.45, 7) is 25.6. The molecule has 0 saturated heterocycles. The average molecular weight is 617 g/mol. The van der Waals surface area contributed by atoms with E-state index in [1.165, 1.54) is 0 Å². The van der Waals surface area contributed by atoms with E-state index in [9.17, 15) is 0 Å². The topological polar surface area (TPSA) is 27.7 Å². The Labute approximate surface area is 260 Å². The first-order chi connectivity index (χ1) is 18.2. The van der Waals surface area contributed by atoms with Crippen molar-refractivity contribution in [1.82, 2.24) is 0 Å².